The van der Waals surface area contributed by atoms with Crippen molar-refractivity contribution in [2.75, 3.05) is 19.0 Å². The molecule has 0 aliphatic heterocycles. The summed E-state index contributed by atoms with van der Waals surface area (Å²) in [5.74, 6) is 2.54. The fraction of sp³-hybridized carbons (Fsp3) is 0.231. The Morgan fingerprint density at radius 2 is 1.94 bits per heavy atom. The third kappa shape index (κ3) is 4.17. The van der Waals surface area contributed by atoms with E-state index >= 15 is 0 Å². The van der Waals surface area contributed by atoms with Gasteiger partial charge in [0.15, 0.2) is 0 Å². The number of ether oxygens (including phenoxy) is 1. The van der Waals surface area contributed by atoms with Crippen LogP contribution in [0.25, 0.3) is 33.1 Å². The summed E-state index contributed by atoms with van der Waals surface area (Å²) < 4.78 is 11.1. The molecule has 0 saturated heterocycles. The van der Waals surface area contributed by atoms with Crippen LogP contribution < -0.4 is 15.4 Å². The number of carbonyl (C=O) groups is 1. The second kappa shape index (κ2) is 9.21. The van der Waals surface area contributed by atoms with Crippen LogP contribution in [-0.4, -0.2) is 45.0 Å². The van der Waals surface area contributed by atoms with Gasteiger partial charge in [-0.05, 0) is 38.5 Å². The molecule has 0 aliphatic carbocycles. The summed E-state index contributed by atoms with van der Waals surface area (Å²) in [4.78, 5) is 24.0. The van der Waals surface area contributed by atoms with E-state index in [0.29, 0.717) is 28.8 Å². The van der Waals surface area contributed by atoms with Gasteiger partial charge in [-0.2, -0.15) is 0 Å². The van der Waals surface area contributed by atoms with Gasteiger partial charge in [0.1, 0.15) is 28.8 Å². The van der Waals surface area contributed by atoms with Crippen molar-refractivity contribution in [1.29, 1.82) is 0 Å². The lowest BCUT2D eigenvalue weighted by Gasteiger charge is -2.20. The SMILES string of the molecule is COc1cc2c(cc1-c1c(C)noc1C)[nH]c1nc(C)nc(N[C@@H](CNC(=O)O)c3ccccc3)c12. The van der Waals surface area contributed by atoms with E-state index in [9.17, 15) is 9.90 Å². The van der Waals surface area contributed by atoms with Crippen LogP contribution >= 0.6 is 0 Å². The summed E-state index contributed by atoms with van der Waals surface area (Å²) in [5, 5.41) is 20.9. The number of amides is 1. The van der Waals surface area contributed by atoms with Gasteiger partial charge >= 0.3 is 6.09 Å². The number of carboxylic acid groups (broad SMARTS) is 1. The first kappa shape index (κ1) is 23.2. The lowest BCUT2D eigenvalue weighted by atomic mass is 10.0. The van der Waals surface area contributed by atoms with Crippen molar-refractivity contribution in [3.05, 3.63) is 65.3 Å². The molecule has 0 radical (unpaired) electrons. The number of hydrogen-bond acceptors (Lipinski definition) is 7. The Morgan fingerprint density at radius 3 is 2.61 bits per heavy atom. The van der Waals surface area contributed by atoms with E-state index in [-0.39, 0.29) is 12.6 Å². The number of nitrogens with one attached hydrogen (secondary N) is 3. The number of nitrogens with zero attached hydrogens (tertiary/aromatic N) is 3. The van der Waals surface area contributed by atoms with E-state index in [1.54, 1.807) is 7.11 Å². The van der Waals surface area contributed by atoms with Crippen molar-refractivity contribution < 1.29 is 19.2 Å². The molecule has 2 aromatic carbocycles. The highest BCUT2D eigenvalue weighted by Crippen LogP contribution is 2.41. The number of hydrogen-bond donors (Lipinski definition) is 4. The number of aryl methyl sites for hydroxylation is 3. The van der Waals surface area contributed by atoms with Crippen LogP contribution in [0.15, 0.2) is 47.0 Å². The molecule has 1 atom stereocenters. The normalized spacial score (nSPS) is 12.1. The second-order valence-corrected chi connectivity index (χ2v) is 8.56. The van der Waals surface area contributed by atoms with E-state index in [1.165, 1.54) is 0 Å². The monoisotopic (exact) mass is 486 g/mol. The summed E-state index contributed by atoms with van der Waals surface area (Å²) >= 11 is 0. The van der Waals surface area contributed by atoms with E-state index in [0.717, 1.165) is 38.7 Å². The topological polar surface area (TPSA) is 138 Å². The van der Waals surface area contributed by atoms with Gasteiger partial charge in [0.2, 0.25) is 0 Å². The molecule has 0 unspecified atom stereocenters. The number of benzene rings is 2. The van der Waals surface area contributed by atoms with Crippen LogP contribution in [0.2, 0.25) is 0 Å². The molecule has 4 N–H and O–H groups in total. The van der Waals surface area contributed by atoms with Crippen LogP contribution in [0.4, 0.5) is 10.6 Å². The first-order chi connectivity index (χ1) is 17.4. The average Bonchev–Trinajstić information content (AvgIpc) is 3.38. The van der Waals surface area contributed by atoms with Crippen molar-refractivity contribution in [2.45, 2.75) is 26.8 Å². The maximum Gasteiger partial charge on any atom is 0.404 e. The van der Waals surface area contributed by atoms with Crippen molar-refractivity contribution in [3.63, 3.8) is 0 Å². The van der Waals surface area contributed by atoms with Crippen LogP contribution in [0.3, 0.4) is 0 Å². The number of rotatable bonds is 7. The summed E-state index contributed by atoms with van der Waals surface area (Å²) in [6.07, 6.45) is -1.09. The van der Waals surface area contributed by atoms with E-state index in [1.807, 2.05) is 63.2 Å². The Balaban J connectivity index is 1.67. The predicted molar refractivity (Wildman–Crippen MR) is 136 cm³/mol. The van der Waals surface area contributed by atoms with Gasteiger partial charge in [0, 0.05) is 23.0 Å². The minimum atomic E-state index is -1.09. The number of methoxy groups -OCH3 is 1. The zero-order valence-electron chi connectivity index (χ0n) is 20.3. The third-order valence-electron chi connectivity index (χ3n) is 6.16. The van der Waals surface area contributed by atoms with Crippen molar-refractivity contribution in [1.82, 2.24) is 25.4 Å². The number of aromatic amines is 1. The summed E-state index contributed by atoms with van der Waals surface area (Å²) in [6, 6.07) is 13.2. The Kier molecular flexibility index (Phi) is 5.93. The molecule has 3 aromatic heterocycles. The summed E-state index contributed by atoms with van der Waals surface area (Å²) in [5.41, 5.74) is 4.96. The second-order valence-electron chi connectivity index (χ2n) is 8.56. The van der Waals surface area contributed by atoms with Gasteiger partial charge in [0.05, 0.1) is 29.8 Å². The minimum Gasteiger partial charge on any atom is -0.496 e. The molecular weight excluding hydrogens is 460 g/mol. The zero-order valence-corrected chi connectivity index (χ0v) is 20.3. The van der Waals surface area contributed by atoms with Gasteiger partial charge in [0.25, 0.3) is 0 Å². The summed E-state index contributed by atoms with van der Waals surface area (Å²) in [6.45, 7) is 5.74. The van der Waals surface area contributed by atoms with Crippen molar-refractivity contribution in [2.24, 2.45) is 0 Å². The van der Waals surface area contributed by atoms with Gasteiger partial charge in [-0.1, -0.05) is 35.5 Å². The van der Waals surface area contributed by atoms with E-state index < -0.39 is 6.09 Å². The Bertz CT molecular complexity index is 1550. The largest absolute Gasteiger partial charge is 0.496 e. The molecule has 10 nitrogen and oxygen atoms in total. The van der Waals surface area contributed by atoms with E-state index in [2.05, 4.69) is 30.7 Å². The van der Waals surface area contributed by atoms with Crippen LogP contribution in [-0.2, 0) is 0 Å². The van der Waals surface area contributed by atoms with Gasteiger partial charge < -0.3 is 30.0 Å². The van der Waals surface area contributed by atoms with E-state index in [4.69, 9.17) is 9.26 Å². The smallest absolute Gasteiger partial charge is 0.404 e. The zero-order chi connectivity index (χ0) is 25.4. The lowest BCUT2D eigenvalue weighted by Crippen LogP contribution is -2.30. The van der Waals surface area contributed by atoms with Crippen LogP contribution in [0.5, 0.6) is 5.75 Å². The Labute approximate surface area is 206 Å². The molecule has 0 saturated carbocycles. The third-order valence-corrected chi connectivity index (χ3v) is 6.16. The number of H-pyrrole nitrogens is 1. The van der Waals surface area contributed by atoms with Gasteiger partial charge in [-0.15, -0.1) is 0 Å². The fourth-order valence-corrected chi connectivity index (χ4v) is 4.56. The highest BCUT2D eigenvalue weighted by Gasteiger charge is 2.22. The highest BCUT2D eigenvalue weighted by atomic mass is 16.5. The molecule has 36 heavy (non-hydrogen) atoms. The molecule has 0 fully saturated rings. The molecule has 3 heterocycles. The highest BCUT2D eigenvalue weighted by molar-refractivity contribution is 6.12. The maximum absolute atomic E-state index is 11.2. The minimum absolute atomic E-state index is 0.158. The van der Waals surface area contributed by atoms with Gasteiger partial charge in [-0.3, -0.25) is 0 Å². The lowest BCUT2D eigenvalue weighted by molar-refractivity contribution is 0.194. The van der Waals surface area contributed by atoms with Gasteiger partial charge in [-0.25, -0.2) is 14.8 Å². The molecule has 0 bridgehead atoms. The molecule has 10 heteroatoms. The fourth-order valence-electron chi connectivity index (χ4n) is 4.56. The van der Waals surface area contributed by atoms with Crippen LogP contribution in [0, 0.1) is 20.8 Å². The molecule has 184 valence electrons. The van der Waals surface area contributed by atoms with Crippen molar-refractivity contribution in [3.8, 4) is 16.9 Å². The Hall–Kier alpha value is -4.60. The number of anilines is 1. The number of aromatic nitrogens is 4. The predicted octanol–water partition coefficient (Wildman–Crippen LogP) is 5.12. The molecule has 0 spiro atoms. The average molecular weight is 487 g/mol. The van der Waals surface area contributed by atoms with Crippen molar-refractivity contribution >= 4 is 33.8 Å². The molecule has 5 aromatic rings. The summed E-state index contributed by atoms with van der Waals surface area (Å²) in [7, 11) is 1.63. The standard InChI is InChI=1S/C26H26N6O4/c1-13-22(14(2)36-32-13)18-10-19-17(11-21(18)35-4)23-24(30-19)28-15(3)29-25(23)31-20(12-27-26(33)34)16-8-6-5-7-9-16/h5-11,20,27H,12H2,1-4H3,(H,33,34)(H2,28,29,30,31)/t20-/m0/s1. The number of fused-ring (bicyclic) bond motifs is 3. The molecular formula is C26H26N6O4. The Morgan fingerprint density at radius 1 is 1.17 bits per heavy atom. The molecule has 1 amide bonds. The van der Waals surface area contributed by atoms with Crippen LogP contribution in [0.1, 0.15) is 28.9 Å². The molecule has 0 aliphatic rings. The maximum atomic E-state index is 11.2. The molecule has 5 rings (SSSR count). The first-order valence-corrected chi connectivity index (χ1v) is 11.4. The first-order valence-electron chi connectivity index (χ1n) is 11.4. The quantitative estimate of drug-likeness (QED) is 0.249.